The van der Waals surface area contributed by atoms with Crippen LogP contribution in [-0.4, -0.2) is 35.7 Å². The van der Waals surface area contributed by atoms with Crippen molar-refractivity contribution < 1.29 is 9.90 Å². The largest absolute Gasteiger partial charge is 0.394 e. The third kappa shape index (κ3) is 5.26. The summed E-state index contributed by atoms with van der Waals surface area (Å²) < 4.78 is 0. The van der Waals surface area contributed by atoms with Crippen LogP contribution in [0.2, 0.25) is 0 Å². The molecule has 1 amide bonds. The van der Waals surface area contributed by atoms with Crippen molar-refractivity contribution in [2.75, 3.05) is 13.2 Å². The van der Waals surface area contributed by atoms with Crippen LogP contribution in [0.25, 0.3) is 0 Å². The quantitative estimate of drug-likeness (QED) is 0.683. The molecule has 2 aliphatic carbocycles. The van der Waals surface area contributed by atoms with E-state index in [9.17, 15) is 9.90 Å². The van der Waals surface area contributed by atoms with Crippen LogP contribution in [0.1, 0.15) is 71.1 Å². The third-order valence-corrected chi connectivity index (χ3v) is 5.38. The van der Waals surface area contributed by atoms with Crippen LogP contribution >= 0.6 is 0 Å². The second-order valence-electron chi connectivity index (χ2n) is 7.23. The zero-order valence-corrected chi connectivity index (χ0v) is 13.5. The Bertz CT molecular complexity index is 317. The van der Waals surface area contributed by atoms with Crippen molar-refractivity contribution in [2.45, 2.75) is 82.7 Å². The van der Waals surface area contributed by atoms with Crippen LogP contribution < -0.4 is 10.6 Å². The number of hydrogen-bond acceptors (Lipinski definition) is 3. The molecule has 0 heterocycles. The van der Waals surface area contributed by atoms with E-state index in [1.165, 1.54) is 25.7 Å². The third-order valence-electron chi connectivity index (χ3n) is 5.38. The molecule has 0 unspecified atom stereocenters. The summed E-state index contributed by atoms with van der Waals surface area (Å²) in [5.74, 6) is 0.833. The van der Waals surface area contributed by atoms with Gasteiger partial charge in [-0.05, 0) is 44.4 Å². The number of rotatable bonds is 5. The molecule has 0 aromatic carbocycles. The molecule has 0 aromatic heterocycles. The van der Waals surface area contributed by atoms with Crippen molar-refractivity contribution in [3.63, 3.8) is 0 Å². The van der Waals surface area contributed by atoms with Crippen LogP contribution in [0.5, 0.6) is 0 Å². The number of aliphatic hydroxyl groups excluding tert-OH is 1. The number of carbonyl (C=O) groups excluding carboxylic acids is 1. The van der Waals surface area contributed by atoms with Crippen molar-refractivity contribution in [2.24, 2.45) is 5.92 Å². The Morgan fingerprint density at radius 3 is 2.29 bits per heavy atom. The maximum absolute atomic E-state index is 12.1. The van der Waals surface area contributed by atoms with Gasteiger partial charge in [-0.1, -0.05) is 32.6 Å². The molecule has 4 heteroatoms. The summed E-state index contributed by atoms with van der Waals surface area (Å²) in [6.07, 6.45) is 11.5. The maximum Gasteiger partial charge on any atom is 0.234 e. The topological polar surface area (TPSA) is 61.4 Å². The first kappa shape index (κ1) is 16.8. The lowest BCUT2D eigenvalue weighted by Crippen LogP contribution is -2.54. The minimum Gasteiger partial charge on any atom is -0.394 e. The minimum absolute atomic E-state index is 0.0911. The zero-order chi connectivity index (χ0) is 15.1. The molecule has 4 nitrogen and oxygen atoms in total. The molecule has 2 aliphatic rings. The first-order valence-electron chi connectivity index (χ1n) is 8.79. The summed E-state index contributed by atoms with van der Waals surface area (Å²) >= 11 is 0. The van der Waals surface area contributed by atoms with Crippen LogP contribution in [0, 0.1) is 5.92 Å². The summed E-state index contributed by atoms with van der Waals surface area (Å²) in [4.78, 5) is 12.1. The summed E-state index contributed by atoms with van der Waals surface area (Å²) in [5.41, 5.74) is -0.229. The van der Waals surface area contributed by atoms with E-state index in [2.05, 4.69) is 17.6 Å². The van der Waals surface area contributed by atoms with Gasteiger partial charge in [0, 0.05) is 11.6 Å². The molecule has 0 aliphatic heterocycles. The second kappa shape index (κ2) is 8.14. The Balaban J connectivity index is 1.74. The predicted molar refractivity (Wildman–Crippen MR) is 85.1 cm³/mol. The first-order chi connectivity index (χ1) is 10.1. The second-order valence-corrected chi connectivity index (χ2v) is 7.23. The van der Waals surface area contributed by atoms with Gasteiger partial charge in [0.05, 0.1) is 13.2 Å². The van der Waals surface area contributed by atoms with Crippen molar-refractivity contribution >= 4 is 5.91 Å². The zero-order valence-electron chi connectivity index (χ0n) is 13.5. The lowest BCUT2D eigenvalue weighted by atomic mass is 9.77. The van der Waals surface area contributed by atoms with Crippen molar-refractivity contribution in [3.8, 4) is 0 Å². The molecule has 0 saturated heterocycles. The first-order valence-corrected chi connectivity index (χ1v) is 8.79. The van der Waals surface area contributed by atoms with E-state index in [-0.39, 0.29) is 18.1 Å². The Morgan fingerprint density at radius 1 is 1.10 bits per heavy atom. The van der Waals surface area contributed by atoms with Gasteiger partial charge in [-0.25, -0.2) is 0 Å². The van der Waals surface area contributed by atoms with E-state index in [1.807, 2.05) is 0 Å². The molecule has 0 aromatic rings. The van der Waals surface area contributed by atoms with Gasteiger partial charge in [-0.3, -0.25) is 4.79 Å². The highest BCUT2D eigenvalue weighted by molar-refractivity contribution is 5.78. The minimum atomic E-state index is -0.229. The summed E-state index contributed by atoms with van der Waals surface area (Å²) in [7, 11) is 0. The maximum atomic E-state index is 12.1. The molecule has 2 fully saturated rings. The predicted octanol–water partition coefficient (Wildman–Crippen LogP) is 2.36. The van der Waals surface area contributed by atoms with Gasteiger partial charge in [0.1, 0.15) is 0 Å². The van der Waals surface area contributed by atoms with Crippen molar-refractivity contribution in [1.29, 1.82) is 0 Å². The molecular weight excluding hydrogens is 264 g/mol. The molecule has 2 rings (SSSR count). The Labute approximate surface area is 129 Å². The molecule has 0 atom stereocenters. The van der Waals surface area contributed by atoms with Crippen LogP contribution in [-0.2, 0) is 4.79 Å². The van der Waals surface area contributed by atoms with Gasteiger partial charge in [0.25, 0.3) is 0 Å². The highest BCUT2D eigenvalue weighted by atomic mass is 16.3. The van der Waals surface area contributed by atoms with Gasteiger partial charge >= 0.3 is 0 Å². The lowest BCUT2D eigenvalue weighted by Gasteiger charge is -2.39. The van der Waals surface area contributed by atoms with E-state index >= 15 is 0 Å². The van der Waals surface area contributed by atoms with E-state index < -0.39 is 0 Å². The van der Waals surface area contributed by atoms with Crippen LogP contribution in [0.15, 0.2) is 0 Å². The summed E-state index contributed by atoms with van der Waals surface area (Å²) in [6, 6.07) is 0.359. The van der Waals surface area contributed by atoms with Gasteiger partial charge in [-0.2, -0.15) is 0 Å². The molecule has 0 radical (unpaired) electrons. The highest BCUT2D eigenvalue weighted by Gasteiger charge is 2.33. The molecule has 122 valence electrons. The van der Waals surface area contributed by atoms with Gasteiger partial charge in [0.2, 0.25) is 5.91 Å². The normalized spacial score (nSPS) is 31.6. The van der Waals surface area contributed by atoms with E-state index in [1.54, 1.807) is 0 Å². The Hall–Kier alpha value is -0.610. The molecule has 3 N–H and O–H groups in total. The SMILES string of the molecule is CC1CCC(CO)(NCC(=O)NC2CCCCCC2)CC1. The average Bonchev–Trinajstić information content (AvgIpc) is 2.76. The fourth-order valence-corrected chi connectivity index (χ4v) is 3.68. The van der Waals surface area contributed by atoms with Crippen molar-refractivity contribution in [3.05, 3.63) is 0 Å². The van der Waals surface area contributed by atoms with Gasteiger partial charge in [0.15, 0.2) is 0 Å². The molecule has 0 bridgehead atoms. The number of nitrogens with one attached hydrogen (secondary N) is 2. The standard InChI is InChI=1S/C17H32N2O2/c1-14-8-10-17(13-20,11-9-14)18-12-16(21)19-15-6-4-2-3-5-7-15/h14-15,18,20H,2-13H2,1H3,(H,19,21). The van der Waals surface area contributed by atoms with Crippen molar-refractivity contribution in [1.82, 2.24) is 10.6 Å². The Kier molecular flexibility index (Phi) is 6.49. The molecular formula is C17H32N2O2. The van der Waals surface area contributed by atoms with Crippen LogP contribution in [0.4, 0.5) is 0 Å². The number of hydrogen-bond donors (Lipinski definition) is 3. The van der Waals surface area contributed by atoms with Gasteiger partial charge < -0.3 is 15.7 Å². The highest BCUT2D eigenvalue weighted by Crippen LogP contribution is 2.31. The summed E-state index contributed by atoms with van der Waals surface area (Å²) in [6.45, 7) is 2.74. The van der Waals surface area contributed by atoms with E-state index in [4.69, 9.17) is 0 Å². The monoisotopic (exact) mass is 296 g/mol. The fraction of sp³-hybridized carbons (Fsp3) is 0.941. The number of carbonyl (C=O) groups is 1. The average molecular weight is 296 g/mol. The summed E-state index contributed by atoms with van der Waals surface area (Å²) in [5, 5.41) is 16.2. The number of aliphatic hydroxyl groups is 1. The van der Waals surface area contributed by atoms with Gasteiger partial charge in [-0.15, -0.1) is 0 Å². The Morgan fingerprint density at radius 2 is 1.71 bits per heavy atom. The fourth-order valence-electron chi connectivity index (χ4n) is 3.68. The van der Waals surface area contributed by atoms with E-state index in [0.29, 0.717) is 12.6 Å². The van der Waals surface area contributed by atoms with E-state index in [0.717, 1.165) is 44.4 Å². The smallest absolute Gasteiger partial charge is 0.234 e. The lowest BCUT2D eigenvalue weighted by molar-refractivity contribution is -0.121. The molecule has 0 spiro atoms. The molecule has 2 saturated carbocycles. The number of amides is 1. The molecule has 21 heavy (non-hydrogen) atoms. The van der Waals surface area contributed by atoms with Crippen LogP contribution in [0.3, 0.4) is 0 Å².